The number of fused-ring (bicyclic) bond motifs is 1. The molecule has 0 aliphatic heterocycles. The number of rotatable bonds is 3. The maximum absolute atomic E-state index is 6.28. The zero-order valence-corrected chi connectivity index (χ0v) is 14.5. The first-order valence-corrected chi connectivity index (χ1v) is 8.42. The molecule has 1 aromatic carbocycles. The minimum Gasteiger partial charge on any atom is -0.321 e. The molecular weight excluding hydrogens is 349 g/mol. The molecule has 0 bridgehead atoms. The van der Waals surface area contributed by atoms with Crippen LogP contribution in [-0.2, 0) is 6.54 Å². The van der Waals surface area contributed by atoms with Crippen LogP contribution in [0.15, 0.2) is 17.6 Å². The summed E-state index contributed by atoms with van der Waals surface area (Å²) >= 11 is 20.1. The van der Waals surface area contributed by atoms with Crippen LogP contribution in [-0.4, -0.2) is 14.5 Å². The van der Waals surface area contributed by atoms with Crippen LogP contribution >= 0.6 is 46.1 Å². The molecule has 110 valence electrons. The molecular formula is C14H12Cl3N3S. The molecule has 7 heteroatoms. The highest BCUT2D eigenvalue weighted by Gasteiger charge is 2.18. The maximum atomic E-state index is 6.28. The number of nitrogens with zero attached hydrogens (tertiary/aromatic N) is 3. The Morgan fingerprint density at radius 3 is 2.62 bits per heavy atom. The van der Waals surface area contributed by atoms with Gasteiger partial charge in [0.2, 0.25) is 0 Å². The average Bonchev–Trinajstić information content (AvgIpc) is 2.97. The summed E-state index contributed by atoms with van der Waals surface area (Å²) in [5.74, 6) is 0.804. The molecule has 21 heavy (non-hydrogen) atoms. The number of benzene rings is 1. The van der Waals surface area contributed by atoms with Crippen molar-refractivity contribution in [1.82, 2.24) is 14.5 Å². The number of thiazole rings is 1. The average molecular weight is 361 g/mol. The van der Waals surface area contributed by atoms with E-state index in [1.54, 1.807) is 17.4 Å². The van der Waals surface area contributed by atoms with E-state index in [1.807, 2.05) is 25.4 Å². The third kappa shape index (κ3) is 2.78. The fourth-order valence-electron chi connectivity index (χ4n) is 2.23. The summed E-state index contributed by atoms with van der Waals surface area (Å²) in [5.41, 5.74) is 4.60. The minimum atomic E-state index is -0.205. The summed E-state index contributed by atoms with van der Waals surface area (Å²) in [6.07, 6.45) is 0. The summed E-state index contributed by atoms with van der Waals surface area (Å²) in [6, 6.07) is 3.61. The van der Waals surface area contributed by atoms with Gasteiger partial charge in [-0.25, -0.2) is 9.97 Å². The Morgan fingerprint density at radius 2 is 2.00 bits per heavy atom. The first kappa shape index (κ1) is 15.1. The minimum absolute atomic E-state index is 0.205. The molecule has 2 aromatic heterocycles. The van der Waals surface area contributed by atoms with Gasteiger partial charge in [-0.1, -0.05) is 23.2 Å². The molecule has 3 aromatic rings. The number of aromatic nitrogens is 3. The van der Waals surface area contributed by atoms with Gasteiger partial charge < -0.3 is 4.57 Å². The zero-order chi connectivity index (χ0) is 15.1. The number of hydrogen-bond donors (Lipinski definition) is 0. The Labute approximate surface area is 141 Å². The highest BCUT2D eigenvalue weighted by molar-refractivity contribution is 7.09. The highest BCUT2D eigenvalue weighted by atomic mass is 35.5. The topological polar surface area (TPSA) is 30.7 Å². The van der Waals surface area contributed by atoms with Crippen LogP contribution in [0.3, 0.4) is 0 Å². The fourth-order valence-corrected chi connectivity index (χ4v) is 3.48. The van der Waals surface area contributed by atoms with Crippen molar-refractivity contribution >= 4 is 57.2 Å². The van der Waals surface area contributed by atoms with E-state index in [0.717, 1.165) is 22.6 Å². The molecule has 0 aliphatic carbocycles. The molecule has 0 radical (unpaired) electrons. The quantitative estimate of drug-likeness (QED) is 0.581. The molecule has 3 nitrogen and oxygen atoms in total. The van der Waals surface area contributed by atoms with E-state index < -0.39 is 0 Å². The number of hydrogen-bond acceptors (Lipinski definition) is 3. The first-order valence-electron chi connectivity index (χ1n) is 6.35. The molecule has 0 aliphatic rings. The number of halogens is 3. The normalized spacial score (nSPS) is 13.0. The van der Waals surface area contributed by atoms with Gasteiger partial charge in [0.1, 0.15) is 5.82 Å². The van der Waals surface area contributed by atoms with Gasteiger partial charge >= 0.3 is 0 Å². The Balaban J connectivity index is 2.20. The van der Waals surface area contributed by atoms with Gasteiger partial charge in [-0.05, 0) is 26.0 Å². The maximum Gasteiger partial charge on any atom is 0.128 e. The summed E-state index contributed by atoms with van der Waals surface area (Å²) < 4.78 is 2.08. The van der Waals surface area contributed by atoms with Gasteiger partial charge in [0.15, 0.2) is 0 Å². The third-order valence-corrected chi connectivity index (χ3v) is 5.16. The van der Waals surface area contributed by atoms with Crippen LogP contribution < -0.4 is 0 Å². The number of aryl methyl sites for hydroxylation is 1. The number of alkyl halides is 1. The highest BCUT2D eigenvalue weighted by Crippen LogP contribution is 2.32. The smallest absolute Gasteiger partial charge is 0.128 e. The molecule has 3 rings (SSSR count). The lowest BCUT2D eigenvalue weighted by atomic mass is 10.3. The van der Waals surface area contributed by atoms with E-state index in [-0.39, 0.29) is 5.38 Å². The van der Waals surface area contributed by atoms with Crippen molar-refractivity contribution in [2.24, 2.45) is 0 Å². The third-order valence-electron chi connectivity index (χ3n) is 3.32. The van der Waals surface area contributed by atoms with Crippen molar-refractivity contribution in [3.05, 3.63) is 44.1 Å². The van der Waals surface area contributed by atoms with E-state index in [4.69, 9.17) is 34.8 Å². The SMILES string of the molecule is Cc1ncsc1Cn1c(C(C)Cl)nc2cc(Cl)c(Cl)cc21. The molecule has 1 atom stereocenters. The summed E-state index contributed by atoms with van der Waals surface area (Å²) in [4.78, 5) is 10.1. The predicted octanol–water partition coefficient (Wildman–Crippen LogP) is 5.46. The van der Waals surface area contributed by atoms with Gasteiger partial charge in [0, 0.05) is 4.88 Å². The van der Waals surface area contributed by atoms with Crippen molar-refractivity contribution in [2.75, 3.05) is 0 Å². The van der Waals surface area contributed by atoms with Crippen molar-refractivity contribution < 1.29 is 0 Å². The van der Waals surface area contributed by atoms with Gasteiger partial charge in [-0.3, -0.25) is 0 Å². The Kier molecular flexibility index (Phi) is 4.14. The second-order valence-electron chi connectivity index (χ2n) is 4.79. The number of imidazole rings is 1. The van der Waals surface area contributed by atoms with Gasteiger partial charge in [0.25, 0.3) is 0 Å². The Morgan fingerprint density at radius 1 is 1.29 bits per heavy atom. The van der Waals surface area contributed by atoms with Crippen LogP contribution in [0, 0.1) is 6.92 Å². The van der Waals surface area contributed by atoms with Crippen LogP contribution in [0.25, 0.3) is 11.0 Å². The molecule has 0 saturated carbocycles. The van der Waals surface area contributed by atoms with E-state index >= 15 is 0 Å². The van der Waals surface area contributed by atoms with Gasteiger partial charge in [-0.15, -0.1) is 22.9 Å². The van der Waals surface area contributed by atoms with Crippen molar-refractivity contribution in [3.63, 3.8) is 0 Å². The first-order chi connectivity index (χ1) is 9.97. The summed E-state index contributed by atoms with van der Waals surface area (Å²) in [7, 11) is 0. The molecule has 0 N–H and O–H groups in total. The second-order valence-corrected chi connectivity index (χ2v) is 7.20. The molecule has 0 spiro atoms. The standard InChI is InChI=1S/C14H12Cl3N3S/c1-7(15)14-19-11-3-9(16)10(17)4-12(11)20(14)5-13-8(2)18-6-21-13/h3-4,6-7H,5H2,1-2H3. The summed E-state index contributed by atoms with van der Waals surface area (Å²) in [6.45, 7) is 4.58. The van der Waals surface area contributed by atoms with E-state index in [1.165, 1.54) is 4.88 Å². The molecule has 0 saturated heterocycles. The lowest BCUT2D eigenvalue weighted by molar-refractivity contribution is 0.746. The van der Waals surface area contributed by atoms with Crippen LogP contribution in [0.2, 0.25) is 10.0 Å². The van der Waals surface area contributed by atoms with E-state index in [9.17, 15) is 0 Å². The monoisotopic (exact) mass is 359 g/mol. The van der Waals surface area contributed by atoms with E-state index in [2.05, 4.69) is 14.5 Å². The zero-order valence-electron chi connectivity index (χ0n) is 11.4. The fraction of sp³-hybridized carbons (Fsp3) is 0.286. The molecule has 0 fully saturated rings. The van der Waals surface area contributed by atoms with E-state index in [0.29, 0.717) is 16.6 Å². The van der Waals surface area contributed by atoms with Crippen molar-refractivity contribution in [3.8, 4) is 0 Å². The Bertz CT molecular complexity index is 807. The van der Waals surface area contributed by atoms with Crippen molar-refractivity contribution in [2.45, 2.75) is 25.8 Å². The van der Waals surface area contributed by atoms with Gasteiger partial charge in [-0.2, -0.15) is 0 Å². The largest absolute Gasteiger partial charge is 0.321 e. The lowest BCUT2D eigenvalue weighted by Gasteiger charge is -2.10. The molecule has 1 unspecified atom stereocenters. The summed E-state index contributed by atoms with van der Waals surface area (Å²) in [5, 5.41) is 0.805. The molecule has 0 amide bonds. The Hall–Kier alpha value is -0.810. The van der Waals surface area contributed by atoms with Crippen LogP contribution in [0.4, 0.5) is 0 Å². The van der Waals surface area contributed by atoms with Crippen molar-refractivity contribution in [1.29, 1.82) is 0 Å². The lowest BCUT2D eigenvalue weighted by Crippen LogP contribution is -2.05. The second kappa shape index (κ2) is 5.76. The molecule has 2 heterocycles. The van der Waals surface area contributed by atoms with Crippen LogP contribution in [0.5, 0.6) is 0 Å². The predicted molar refractivity (Wildman–Crippen MR) is 90.0 cm³/mol. The van der Waals surface area contributed by atoms with Crippen LogP contribution in [0.1, 0.15) is 28.7 Å². The van der Waals surface area contributed by atoms with Gasteiger partial charge in [0.05, 0.1) is 44.2 Å².